The van der Waals surface area contributed by atoms with Crippen LogP contribution in [0.25, 0.3) is 0 Å². The molecule has 8 heteroatoms. The van der Waals surface area contributed by atoms with Crippen LogP contribution in [0.1, 0.15) is 32.3 Å². The molecule has 1 amide bonds. The lowest BCUT2D eigenvalue weighted by atomic mass is 10.0. The molecule has 0 unspecified atom stereocenters. The number of ether oxygens (including phenoxy) is 2. The number of amides is 1. The molecule has 186 valence electrons. The van der Waals surface area contributed by atoms with Crippen LogP contribution < -0.4 is 19.1 Å². The van der Waals surface area contributed by atoms with Crippen molar-refractivity contribution in [3.05, 3.63) is 84.4 Å². The van der Waals surface area contributed by atoms with Crippen LogP contribution in [-0.4, -0.2) is 40.6 Å². The largest absolute Gasteiger partial charge is 0.492 e. The molecule has 1 N–H and O–H groups in total. The number of nitrogens with one attached hydrogen (secondary N) is 1. The van der Waals surface area contributed by atoms with Crippen LogP contribution in [0.15, 0.2) is 83.8 Å². The van der Waals surface area contributed by atoms with Gasteiger partial charge in [-0.15, -0.1) is 0 Å². The average molecular weight is 497 g/mol. The van der Waals surface area contributed by atoms with E-state index in [0.717, 1.165) is 15.6 Å². The Kier molecular flexibility index (Phi) is 9.14. The normalized spacial score (nSPS) is 11.2. The Morgan fingerprint density at radius 2 is 1.51 bits per heavy atom. The van der Waals surface area contributed by atoms with Crippen molar-refractivity contribution < 1.29 is 22.7 Å². The molecule has 0 aliphatic carbocycles. The highest BCUT2D eigenvalue weighted by Crippen LogP contribution is 2.32. The third-order valence-corrected chi connectivity index (χ3v) is 7.05. The molecule has 3 aromatic carbocycles. The maximum atomic E-state index is 13.5. The fraction of sp³-hybridized carbons (Fsp3) is 0.296. The third-order valence-electron chi connectivity index (χ3n) is 5.28. The maximum Gasteiger partial charge on any atom is 0.264 e. The molecule has 0 heterocycles. The first-order valence-electron chi connectivity index (χ1n) is 11.6. The second-order valence-electron chi connectivity index (χ2n) is 8.12. The zero-order valence-electron chi connectivity index (χ0n) is 20.3. The lowest BCUT2D eigenvalue weighted by Gasteiger charge is -2.26. The van der Waals surface area contributed by atoms with Gasteiger partial charge in [0.15, 0.2) is 0 Å². The molecule has 0 bridgehead atoms. The molecule has 0 aliphatic heterocycles. The van der Waals surface area contributed by atoms with Gasteiger partial charge in [0.05, 0.1) is 23.7 Å². The fourth-order valence-electron chi connectivity index (χ4n) is 3.59. The first-order valence-corrected chi connectivity index (χ1v) is 13.1. The van der Waals surface area contributed by atoms with Crippen molar-refractivity contribution in [2.24, 2.45) is 0 Å². The zero-order chi connectivity index (χ0) is 25.3. The molecule has 0 fully saturated rings. The molecular weight excluding hydrogens is 464 g/mol. The molecule has 3 aromatic rings. The molecule has 0 saturated heterocycles. The standard InChI is InChI=1S/C27H32N2O5S/c1-4-33-26-17-11-9-15-24(26)29(35(31,32)22-12-6-5-7-13-22)20-27(30)28-18-19-34-25-16-10-8-14-23(25)21(2)3/h5-17,21H,4,18-20H2,1-3H3,(H,28,30). The molecule has 0 saturated carbocycles. The number of anilines is 1. The summed E-state index contributed by atoms with van der Waals surface area (Å²) in [5, 5.41) is 2.77. The summed E-state index contributed by atoms with van der Waals surface area (Å²) in [6, 6.07) is 22.6. The Morgan fingerprint density at radius 1 is 0.886 bits per heavy atom. The predicted molar refractivity (Wildman–Crippen MR) is 138 cm³/mol. The van der Waals surface area contributed by atoms with E-state index < -0.39 is 22.5 Å². The maximum absolute atomic E-state index is 13.5. The molecule has 0 radical (unpaired) electrons. The van der Waals surface area contributed by atoms with Crippen molar-refractivity contribution in [2.45, 2.75) is 31.6 Å². The lowest BCUT2D eigenvalue weighted by Crippen LogP contribution is -2.42. The van der Waals surface area contributed by atoms with Gasteiger partial charge in [-0.3, -0.25) is 9.10 Å². The van der Waals surface area contributed by atoms with Gasteiger partial charge >= 0.3 is 0 Å². The van der Waals surface area contributed by atoms with Gasteiger partial charge in [-0.2, -0.15) is 0 Å². The number of para-hydroxylation sites is 3. The molecule has 35 heavy (non-hydrogen) atoms. The highest BCUT2D eigenvalue weighted by atomic mass is 32.2. The first kappa shape index (κ1) is 26.1. The van der Waals surface area contributed by atoms with Crippen molar-refractivity contribution in [3.8, 4) is 11.5 Å². The SMILES string of the molecule is CCOc1ccccc1N(CC(=O)NCCOc1ccccc1C(C)C)S(=O)(=O)c1ccccc1. The number of hydrogen-bond acceptors (Lipinski definition) is 5. The van der Waals surface area contributed by atoms with Gasteiger partial charge in [0.2, 0.25) is 5.91 Å². The number of benzene rings is 3. The van der Waals surface area contributed by atoms with Gasteiger partial charge in [0.25, 0.3) is 10.0 Å². The molecule has 0 spiro atoms. The molecule has 7 nitrogen and oxygen atoms in total. The predicted octanol–water partition coefficient (Wildman–Crippen LogP) is 4.60. The summed E-state index contributed by atoms with van der Waals surface area (Å²) in [5.41, 5.74) is 1.39. The summed E-state index contributed by atoms with van der Waals surface area (Å²) < 4.78 is 39.6. The van der Waals surface area contributed by atoms with Crippen molar-refractivity contribution in [2.75, 3.05) is 30.6 Å². The minimum Gasteiger partial charge on any atom is -0.492 e. The summed E-state index contributed by atoms with van der Waals surface area (Å²) in [6.07, 6.45) is 0. The molecule has 0 aliphatic rings. The number of nitrogens with zero attached hydrogens (tertiary/aromatic N) is 1. The molecule has 0 aromatic heterocycles. The van der Waals surface area contributed by atoms with Crippen molar-refractivity contribution in [1.29, 1.82) is 0 Å². The van der Waals surface area contributed by atoms with Gasteiger partial charge < -0.3 is 14.8 Å². The number of hydrogen-bond donors (Lipinski definition) is 1. The smallest absolute Gasteiger partial charge is 0.264 e. The summed E-state index contributed by atoms with van der Waals surface area (Å²) in [7, 11) is -4.02. The van der Waals surface area contributed by atoms with E-state index in [4.69, 9.17) is 9.47 Å². The third kappa shape index (κ3) is 6.76. The van der Waals surface area contributed by atoms with Crippen LogP contribution in [0.5, 0.6) is 11.5 Å². The van der Waals surface area contributed by atoms with Gasteiger partial charge in [-0.05, 0) is 48.7 Å². The summed E-state index contributed by atoms with van der Waals surface area (Å²) in [4.78, 5) is 12.9. The second-order valence-corrected chi connectivity index (χ2v) is 9.98. The van der Waals surface area contributed by atoms with Crippen molar-refractivity contribution in [1.82, 2.24) is 5.32 Å². The Balaban J connectivity index is 1.74. The number of carbonyl (C=O) groups excluding carboxylic acids is 1. The number of sulfonamides is 1. The van der Waals surface area contributed by atoms with E-state index in [-0.39, 0.29) is 18.0 Å². The second kappa shape index (κ2) is 12.3. The summed E-state index contributed by atoms with van der Waals surface area (Å²) in [6.45, 7) is 6.45. The van der Waals surface area contributed by atoms with Gasteiger partial charge in [-0.25, -0.2) is 8.42 Å². The molecular formula is C27H32N2O5S. The van der Waals surface area contributed by atoms with E-state index in [0.29, 0.717) is 24.0 Å². The topological polar surface area (TPSA) is 84.9 Å². The van der Waals surface area contributed by atoms with E-state index in [2.05, 4.69) is 19.2 Å². The van der Waals surface area contributed by atoms with E-state index in [1.54, 1.807) is 42.5 Å². The Hall–Kier alpha value is -3.52. The highest BCUT2D eigenvalue weighted by Gasteiger charge is 2.29. The fourth-order valence-corrected chi connectivity index (χ4v) is 5.04. The van der Waals surface area contributed by atoms with Gasteiger partial charge in [-0.1, -0.05) is 62.4 Å². The van der Waals surface area contributed by atoms with Crippen LogP contribution in [0, 0.1) is 0 Å². The van der Waals surface area contributed by atoms with E-state index in [1.165, 1.54) is 12.1 Å². The van der Waals surface area contributed by atoms with E-state index >= 15 is 0 Å². The molecule has 3 rings (SSSR count). The van der Waals surface area contributed by atoms with Crippen LogP contribution in [0.3, 0.4) is 0 Å². The minimum atomic E-state index is -4.02. The van der Waals surface area contributed by atoms with Crippen LogP contribution in [-0.2, 0) is 14.8 Å². The van der Waals surface area contributed by atoms with E-state index in [1.807, 2.05) is 31.2 Å². The highest BCUT2D eigenvalue weighted by molar-refractivity contribution is 7.92. The Labute approximate surface area is 207 Å². The van der Waals surface area contributed by atoms with Gasteiger partial charge in [0.1, 0.15) is 24.7 Å². The first-order chi connectivity index (χ1) is 16.8. The average Bonchev–Trinajstić information content (AvgIpc) is 2.86. The van der Waals surface area contributed by atoms with Crippen LogP contribution >= 0.6 is 0 Å². The van der Waals surface area contributed by atoms with Crippen LogP contribution in [0.4, 0.5) is 5.69 Å². The summed E-state index contributed by atoms with van der Waals surface area (Å²) in [5.74, 6) is 1.02. The minimum absolute atomic E-state index is 0.0905. The quantitative estimate of drug-likeness (QED) is 0.371. The van der Waals surface area contributed by atoms with Crippen LogP contribution in [0.2, 0.25) is 0 Å². The number of carbonyl (C=O) groups is 1. The van der Waals surface area contributed by atoms with Crippen molar-refractivity contribution in [3.63, 3.8) is 0 Å². The van der Waals surface area contributed by atoms with Gasteiger partial charge in [0, 0.05) is 0 Å². The Bertz CT molecular complexity index is 1210. The van der Waals surface area contributed by atoms with E-state index in [9.17, 15) is 13.2 Å². The van der Waals surface area contributed by atoms with Crippen molar-refractivity contribution >= 4 is 21.6 Å². The monoisotopic (exact) mass is 496 g/mol. The Morgan fingerprint density at radius 3 is 2.20 bits per heavy atom. The zero-order valence-corrected chi connectivity index (χ0v) is 21.1. The molecule has 0 atom stereocenters. The summed E-state index contributed by atoms with van der Waals surface area (Å²) >= 11 is 0. The lowest BCUT2D eigenvalue weighted by molar-refractivity contribution is -0.119. The number of rotatable bonds is 12.